The molecule has 1 saturated carbocycles. The summed E-state index contributed by atoms with van der Waals surface area (Å²) in [6, 6.07) is 2.93. The number of nitro groups is 1. The molecule has 7 heteroatoms. The first-order chi connectivity index (χ1) is 8.97. The van der Waals surface area contributed by atoms with Gasteiger partial charge in [-0.1, -0.05) is 0 Å². The van der Waals surface area contributed by atoms with Gasteiger partial charge in [-0.25, -0.2) is 4.98 Å². The van der Waals surface area contributed by atoms with Gasteiger partial charge in [0.1, 0.15) is 6.54 Å². The Morgan fingerprint density at radius 3 is 2.79 bits per heavy atom. The fourth-order valence-corrected chi connectivity index (χ4v) is 1.91. The van der Waals surface area contributed by atoms with Crippen LogP contribution in [0, 0.1) is 23.0 Å². The van der Waals surface area contributed by atoms with Gasteiger partial charge in [-0.05, 0) is 31.7 Å². The molecule has 1 N–H and O–H groups in total. The topological polar surface area (TPSA) is 96.6 Å². The number of nitrogens with zero attached hydrogens (tertiary/aromatic N) is 3. The Morgan fingerprint density at radius 2 is 2.26 bits per heavy atom. The number of hydrogen-bond acceptors (Lipinski definition) is 5. The Labute approximate surface area is 110 Å². The summed E-state index contributed by atoms with van der Waals surface area (Å²) in [5.74, 6) is -0.446. The van der Waals surface area contributed by atoms with E-state index in [-0.39, 0.29) is 18.1 Å². The highest BCUT2D eigenvalue weighted by atomic mass is 16.6. The van der Waals surface area contributed by atoms with E-state index in [0.717, 1.165) is 12.8 Å². The lowest BCUT2D eigenvalue weighted by Gasteiger charge is -2.21. The third kappa shape index (κ3) is 3.40. The summed E-state index contributed by atoms with van der Waals surface area (Å²) in [6.45, 7) is 1.96. The standard InChI is InChI=1S/C12H15N3O4/c1-8-2-5-10(15(18)19)12(13-8)14(7-11(16)17)6-9-3-4-9/h2,5,9H,3-4,6-7H2,1H3,(H,16,17). The predicted molar refractivity (Wildman–Crippen MR) is 68.2 cm³/mol. The van der Waals surface area contributed by atoms with Gasteiger partial charge in [-0.15, -0.1) is 0 Å². The largest absolute Gasteiger partial charge is 0.480 e. The van der Waals surface area contributed by atoms with E-state index < -0.39 is 10.9 Å². The van der Waals surface area contributed by atoms with Gasteiger partial charge in [0.2, 0.25) is 5.82 Å². The Hall–Kier alpha value is -2.18. The fourth-order valence-electron chi connectivity index (χ4n) is 1.91. The highest BCUT2D eigenvalue weighted by Crippen LogP contribution is 2.33. The second kappa shape index (κ2) is 5.21. The van der Waals surface area contributed by atoms with Crippen molar-refractivity contribution in [1.29, 1.82) is 0 Å². The zero-order chi connectivity index (χ0) is 14.0. The van der Waals surface area contributed by atoms with Crippen LogP contribution in [0.3, 0.4) is 0 Å². The van der Waals surface area contributed by atoms with Crippen molar-refractivity contribution >= 4 is 17.5 Å². The quantitative estimate of drug-likeness (QED) is 0.619. The predicted octanol–water partition coefficient (Wildman–Crippen LogP) is 1.60. The van der Waals surface area contributed by atoms with E-state index in [1.54, 1.807) is 13.0 Å². The number of carbonyl (C=O) groups is 1. The van der Waals surface area contributed by atoms with Gasteiger partial charge in [0, 0.05) is 18.3 Å². The summed E-state index contributed by atoms with van der Waals surface area (Å²) >= 11 is 0. The van der Waals surface area contributed by atoms with Crippen LogP contribution in [0.5, 0.6) is 0 Å². The fraction of sp³-hybridized carbons (Fsp3) is 0.500. The molecule has 0 spiro atoms. The van der Waals surface area contributed by atoms with Gasteiger partial charge in [0.15, 0.2) is 0 Å². The molecule has 0 bridgehead atoms. The Kier molecular flexibility index (Phi) is 3.64. The molecule has 19 heavy (non-hydrogen) atoms. The van der Waals surface area contributed by atoms with Crippen molar-refractivity contribution in [1.82, 2.24) is 4.98 Å². The highest BCUT2D eigenvalue weighted by Gasteiger charge is 2.29. The summed E-state index contributed by atoms with van der Waals surface area (Å²) in [7, 11) is 0. The SMILES string of the molecule is Cc1ccc([N+](=O)[O-])c(N(CC(=O)O)CC2CC2)n1. The maximum Gasteiger partial charge on any atom is 0.323 e. The summed E-state index contributed by atoms with van der Waals surface area (Å²) in [5, 5.41) is 20.0. The molecule has 7 nitrogen and oxygen atoms in total. The maximum absolute atomic E-state index is 11.0. The second-order valence-electron chi connectivity index (χ2n) is 4.77. The van der Waals surface area contributed by atoms with Gasteiger partial charge >= 0.3 is 11.7 Å². The maximum atomic E-state index is 11.0. The minimum atomic E-state index is -1.02. The number of carboxylic acid groups (broad SMARTS) is 1. The Bertz CT molecular complexity index is 514. The van der Waals surface area contributed by atoms with Crippen LogP contribution in [0.1, 0.15) is 18.5 Å². The molecular weight excluding hydrogens is 250 g/mol. The lowest BCUT2D eigenvalue weighted by atomic mass is 10.3. The van der Waals surface area contributed by atoms with Crippen LogP contribution in [0.2, 0.25) is 0 Å². The van der Waals surface area contributed by atoms with Crippen LogP contribution >= 0.6 is 0 Å². The monoisotopic (exact) mass is 265 g/mol. The van der Waals surface area contributed by atoms with Crippen LogP contribution in [-0.2, 0) is 4.79 Å². The minimum absolute atomic E-state index is 0.146. The zero-order valence-corrected chi connectivity index (χ0v) is 10.6. The van der Waals surface area contributed by atoms with Crippen molar-refractivity contribution in [3.63, 3.8) is 0 Å². The summed E-state index contributed by atoms with van der Waals surface area (Å²) in [4.78, 5) is 27.0. The Morgan fingerprint density at radius 1 is 1.58 bits per heavy atom. The van der Waals surface area contributed by atoms with Crippen LogP contribution < -0.4 is 4.90 Å². The number of aryl methyl sites for hydroxylation is 1. The molecule has 0 radical (unpaired) electrons. The first-order valence-corrected chi connectivity index (χ1v) is 6.06. The number of anilines is 1. The molecule has 0 aromatic carbocycles. The summed E-state index contributed by atoms with van der Waals surface area (Å²) in [6.07, 6.45) is 2.07. The van der Waals surface area contributed by atoms with Crippen LogP contribution in [0.15, 0.2) is 12.1 Å². The molecule has 102 valence electrons. The average molecular weight is 265 g/mol. The van der Waals surface area contributed by atoms with Gasteiger partial charge < -0.3 is 10.0 Å². The van der Waals surface area contributed by atoms with Gasteiger partial charge in [0.25, 0.3) is 0 Å². The van der Waals surface area contributed by atoms with Gasteiger partial charge in [-0.2, -0.15) is 0 Å². The molecule has 0 amide bonds. The third-order valence-corrected chi connectivity index (χ3v) is 2.99. The molecule has 1 heterocycles. The van der Waals surface area contributed by atoms with E-state index in [1.165, 1.54) is 11.0 Å². The van der Waals surface area contributed by atoms with E-state index in [9.17, 15) is 14.9 Å². The van der Waals surface area contributed by atoms with Crippen molar-refractivity contribution in [2.45, 2.75) is 19.8 Å². The molecule has 0 unspecified atom stereocenters. The van der Waals surface area contributed by atoms with E-state index in [4.69, 9.17) is 5.11 Å². The number of pyridine rings is 1. The van der Waals surface area contributed by atoms with Crippen molar-refractivity contribution in [3.8, 4) is 0 Å². The molecule has 1 aliphatic carbocycles. The van der Waals surface area contributed by atoms with Crippen LogP contribution in [-0.4, -0.2) is 34.1 Å². The van der Waals surface area contributed by atoms with E-state index in [0.29, 0.717) is 18.2 Å². The highest BCUT2D eigenvalue weighted by molar-refractivity contribution is 5.75. The first kappa shape index (κ1) is 13.3. The number of rotatable bonds is 6. The molecule has 1 aromatic heterocycles. The lowest BCUT2D eigenvalue weighted by Crippen LogP contribution is -2.33. The van der Waals surface area contributed by atoms with E-state index >= 15 is 0 Å². The number of hydrogen-bond donors (Lipinski definition) is 1. The second-order valence-corrected chi connectivity index (χ2v) is 4.77. The number of aromatic nitrogens is 1. The van der Waals surface area contributed by atoms with Crippen LogP contribution in [0.4, 0.5) is 11.5 Å². The van der Waals surface area contributed by atoms with Gasteiger partial charge in [0.05, 0.1) is 4.92 Å². The van der Waals surface area contributed by atoms with E-state index in [1.807, 2.05) is 0 Å². The normalized spacial score (nSPS) is 14.2. The Balaban J connectivity index is 2.34. The molecule has 1 aromatic rings. The average Bonchev–Trinajstić information content (AvgIpc) is 3.11. The first-order valence-electron chi connectivity index (χ1n) is 6.06. The molecule has 1 fully saturated rings. The summed E-state index contributed by atoms with van der Waals surface area (Å²) in [5.41, 5.74) is 0.485. The molecule has 0 atom stereocenters. The smallest absolute Gasteiger partial charge is 0.323 e. The molecular formula is C12H15N3O4. The summed E-state index contributed by atoms with van der Waals surface area (Å²) < 4.78 is 0. The minimum Gasteiger partial charge on any atom is -0.480 e. The van der Waals surface area contributed by atoms with Crippen LogP contribution in [0.25, 0.3) is 0 Å². The molecule has 2 rings (SSSR count). The van der Waals surface area contributed by atoms with Gasteiger partial charge in [-0.3, -0.25) is 14.9 Å². The van der Waals surface area contributed by atoms with E-state index in [2.05, 4.69) is 4.98 Å². The van der Waals surface area contributed by atoms with Crippen molar-refractivity contribution < 1.29 is 14.8 Å². The molecule has 0 saturated heterocycles. The zero-order valence-electron chi connectivity index (χ0n) is 10.6. The van der Waals surface area contributed by atoms with Crippen molar-refractivity contribution in [2.75, 3.05) is 18.0 Å². The van der Waals surface area contributed by atoms with Crippen molar-refractivity contribution in [2.24, 2.45) is 5.92 Å². The number of carboxylic acids is 1. The molecule has 0 aliphatic heterocycles. The third-order valence-electron chi connectivity index (χ3n) is 2.99. The molecule has 1 aliphatic rings. The number of aliphatic carboxylic acids is 1. The lowest BCUT2D eigenvalue weighted by molar-refractivity contribution is -0.384. The van der Waals surface area contributed by atoms with Crippen molar-refractivity contribution in [3.05, 3.63) is 27.9 Å².